The number of ether oxygens (including phenoxy) is 2. The molecule has 1 N–H and O–H groups in total. The van der Waals surface area contributed by atoms with Crippen LogP contribution in [0.2, 0.25) is 0 Å². The van der Waals surface area contributed by atoms with Gasteiger partial charge in [0.1, 0.15) is 5.60 Å². The average Bonchev–Trinajstić information content (AvgIpc) is 2.48. The first-order valence-corrected chi connectivity index (χ1v) is 7.39. The molecule has 0 aromatic carbocycles. The Morgan fingerprint density at radius 3 is 2.76 bits per heavy atom. The minimum Gasteiger partial charge on any atom is -0.481 e. The molecule has 5 nitrogen and oxygen atoms in total. The lowest BCUT2D eigenvalue weighted by molar-refractivity contribution is -0.143. The van der Waals surface area contributed by atoms with E-state index in [1.807, 2.05) is 13.0 Å². The molecule has 1 heterocycles. The van der Waals surface area contributed by atoms with Gasteiger partial charge in [0.15, 0.2) is 0 Å². The van der Waals surface area contributed by atoms with E-state index in [1.165, 1.54) is 0 Å². The van der Waals surface area contributed by atoms with Crippen molar-refractivity contribution >= 4 is 11.6 Å². The first kappa shape index (κ1) is 15.8. The minimum absolute atomic E-state index is 0.0772. The van der Waals surface area contributed by atoms with E-state index in [4.69, 9.17) is 9.47 Å². The third-order valence-corrected chi connectivity index (χ3v) is 4.28. The number of nitrogens with one attached hydrogen (secondary N) is 1. The van der Waals surface area contributed by atoms with Crippen LogP contribution in [-0.4, -0.2) is 30.7 Å². The zero-order valence-electron chi connectivity index (χ0n) is 13.2. The molecule has 116 valence electrons. The van der Waals surface area contributed by atoms with Crippen LogP contribution in [0, 0.1) is 12.8 Å². The molecule has 0 aliphatic heterocycles. The molecule has 1 fully saturated rings. The molecule has 1 amide bonds. The summed E-state index contributed by atoms with van der Waals surface area (Å²) in [7, 11) is 3.19. The quantitative estimate of drug-likeness (QED) is 0.927. The Hall–Kier alpha value is -1.62. The molecule has 1 aromatic rings. The molecular weight excluding hydrogens is 268 g/mol. The van der Waals surface area contributed by atoms with Crippen LogP contribution in [0.15, 0.2) is 12.1 Å². The lowest BCUT2D eigenvalue weighted by Crippen LogP contribution is -2.48. The van der Waals surface area contributed by atoms with Gasteiger partial charge in [-0.2, -0.15) is 0 Å². The Morgan fingerprint density at radius 1 is 1.43 bits per heavy atom. The fourth-order valence-corrected chi connectivity index (χ4v) is 3.01. The Bertz CT molecular complexity index is 518. The van der Waals surface area contributed by atoms with Gasteiger partial charge in [0.25, 0.3) is 5.91 Å². The number of hydrogen-bond donors (Lipinski definition) is 1. The lowest BCUT2D eigenvalue weighted by atomic mass is 9.78. The van der Waals surface area contributed by atoms with Gasteiger partial charge >= 0.3 is 0 Å². The number of carbonyl (C=O) groups is 1. The highest BCUT2D eigenvalue weighted by Crippen LogP contribution is 2.36. The molecule has 0 radical (unpaired) electrons. The van der Waals surface area contributed by atoms with Crippen LogP contribution in [0.4, 0.5) is 5.69 Å². The third-order valence-electron chi connectivity index (χ3n) is 4.28. The fourth-order valence-electron chi connectivity index (χ4n) is 3.01. The van der Waals surface area contributed by atoms with Crippen molar-refractivity contribution in [2.45, 2.75) is 45.1 Å². The van der Waals surface area contributed by atoms with Crippen molar-refractivity contribution in [3.63, 3.8) is 0 Å². The van der Waals surface area contributed by atoms with Crippen molar-refractivity contribution in [1.82, 2.24) is 4.98 Å². The second-order valence-electron chi connectivity index (χ2n) is 5.84. The van der Waals surface area contributed by atoms with Gasteiger partial charge in [0.05, 0.1) is 18.5 Å². The highest BCUT2D eigenvalue weighted by atomic mass is 16.5. The van der Waals surface area contributed by atoms with Gasteiger partial charge in [-0.3, -0.25) is 4.79 Å². The number of anilines is 1. The average molecular weight is 292 g/mol. The maximum Gasteiger partial charge on any atom is 0.256 e. The van der Waals surface area contributed by atoms with Gasteiger partial charge in [-0.1, -0.05) is 13.3 Å². The molecule has 0 unspecified atom stereocenters. The molecular formula is C16H24N2O3. The van der Waals surface area contributed by atoms with Crippen molar-refractivity contribution in [1.29, 1.82) is 0 Å². The normalized spacial score (nSPS) is 25.4. The number of pyridine rings is 1. The Labute approximate surface area is 126 Å². The van der Waals surface area contributed by atoms with Crippen LogP contribution in [-0.2, 0) is 9.53 Å². The highest BCUT2D eigenvalue weighted by molar-refractivity contribution is 5.97. The van der Waals surface area contributed by atoms with E-state index in [-0.39, 0.29) is 5.91 Å². The van der Waals surface area contributed by atoms with E-state index in [0.29, 0.717) is 17.5 Å². The number of amides is 1. The Kier molecular flexibility index (Phi) is 4.83. The van der Waals surface area contributed by atoms with Gasteiger partial charge in [-0.25, -0.2) is 4.98 Å². The molecule has 0 spiro atoms. The van der Waals surface area contributed by atoms with Gasteiger partial charge in [0, 0.05) is 13.2 Å². The summed E-state index contributed by atoms with van der Waals surface area (Å²) in [6.07, 6.45) is 3.70. The Morgan fingerprint density at radius 2 is 2.19 bits per heavy atom. The smallest absolute Gasteiger partial charge is 0.256 e. The number of aryl methyl sites for hydroxylation is 1. The summed E-state index contributed by atoms with van der Waals surface area (Å²) in [6.45, 7) is 4.02. The number of nitrogens with zero attached hydrogens (tertiary/aromatic N) is 1. The topological polar surface area (TPSA) is 60.5 Å². The second-order valence-corrected chi connectivity index (χ2v) is 5.84. The first-order chi connectivity index (χ1) is 10.0. The monoisotopic (exact) mass is 292 g/mol. The summed E-state index contributed by atoms with van der Waals surface area (Å²) in [5.41, 5.74) is 0.720. The van der Waals surface area contributed by atoms with E-state index in [9.17, 15) is 4.79 Å². The number of carbonyl (C=O) groups excluding carboxylic acids is 1. The van der Waals surface area contributed by atoms with Gasteiger partial charge < -0.3 is 14.8 Å². The van der Waals surface area contributed by atoms with Crippen LogP contribution < -0.4 is 10.1 Å². The number of aromatic nitrogens is 1. The molecule has 1 saturated carbocycles. The predicted octanol–water partition coefficient (Wildman–Crippen LogP) is 2.93. The zero-order valence-corrected chi connectivity index (χ0v) is 13.2. The molecule has 1 aliphatic rings. The van der Waals surface area contributed by atoms with Crippen molar-refractivity contribution in [2.75, 3.05) is 19.5 Å². The minimum atomic E-state index is -0.718. The lowest BCUT2D eigenvalue weighted by Gasteiger charge is -2.37. The van der Waals surface area contributed by atoms with E-state index in [0.717, 1.165) is 31.4 Å². The summed E-state index contributed by atoms with van der Waals surface area (Å²) < 4.78 is 10.7. The van der Waals surface area contributed by atoms with Gasteiger partial charge in [0.2, 0.25) is 5.88 Å². The summed E-state index contributed by atoms with van der Waals surface area (Å²) >= 11 is 0. The van der Waals surface area contributed by atoms with Crippen molar-refractivity contribution in [2.24, 2.45) is 5.92 Å². The molecule has 5 heteroatoms. The Balaban J connectivity index is 2.16. The van der Waals surface area contributed by atoms with Crippen LogP contribution in [0.5, 0.6) is 5.88 Å². The van der Waals surface area contributed by atoms with Gasteiger partial charge in [-0.15, -0.1) is 0 Å². The van der Waals surface area contributed by atoms with E-state index in [2.05, 4.69) is 17.2 Å². The van der Waals surface area contributed by atoms with Crippen molar-refractivity contribution in [3.05, 3.63) is 17.8 Å². The second kappa shape index (κ2) is 6.43. The molecule has 2 atom stereocenters. The maximum absolute atomic E-state index is 12.7. The molecule has 1 aromatic heterocycles. The summed E-state index contributed by atoms with van der Waals surface area (Å²) in [4.78, 5) is 17.0. The van der Waals surface area contributed by atoms with E-state index < -0.39 is 5.60 Å². The number of methoxy groups -OCH3 is 2. The SMILES string of the molecule is COc1ccc(NC(=O)[C@@]2(OC)CCC[C@@H](C)C2)c(C)n1. The summed E-state index contributed by atoms with van der Waals surface area (Å²) in [6, 6.07) is 3.56. The zero-order chi connectivity index (χ0) is 15.5. The molecule has 0 bridgehead atoms. The van der Waals surface area contributed by atoms with Crippen LogP contribution >= 0.6 is 0 Å². The van der Waals surface area contributed by atoms with Crippen LogP contribution in [0.25, 0.3) is 0 Å². The number of rotatable bonds is 4. The summed E-state index contributed by atoms with van der Waals surface area (Å²) in [5, 5.41) is 2.96. The predicted molar refractivity (Wildman–Crippen MR) is 81.5 cm³/mol. The molecule has 21 heavy (non-hydrogen) atoms. The van der Waals surface area contributed by atoms with E-state index >= 15 is 0 Å². The maximum atomic E-state index is 12.7. The van der Waals surface area contributed by atoms with Crippen LogP contribution in [0.1, 0.15) is 38.3 Å². The highest BCUT2D eigenvalue weighted by Gasteiger charge is 2.42. The van der Waals surface area contributed by atoms with Crippen LogP contribution in [0.3, 0.4) is 0 Å². The van der Waals surface area contributed by atoms with E-state index in [1.54, 1.807) is 20.3 Å². The standard InChI is InChI=1S/C16H24N2O3/c1-11-6-5-9-16(10-11,21-4)15(19)18-13-7-8-14(20-3)17-12(13)2/h7-8,11H,5-6,9-10H2,1-4H3,(H,18,19)/t11-,16-/m1/s1. The largest absolute Gasteiger partial charge is 0.481 e. The van der Waals surface area contributed by atoms with Crippen molar-refractivity contribution < 1.29 is 14.3 Å². The fraction of sp³-hybridized carbons (Fsp3) is 0.625. The third kappa shape index (κ3) is 3.35. The number of hydrogen-bond acceptors (Lipinski definition) is 4. The molecule has 2 rings (SSSR count). The van der Waals surface area contributed by atoms with Crippen molar-refractivity contribution in [3.8, 4) is 5.88 Å². The summed E-state index contributed by atoms with van der Waals surface area (Å²) in [5.74, 6) is 0.962. The molecule has 1 aliphatic carbocycles. The first-order valence-electron chi connectivity index (χ1n) is 7.39. The molecule has 0 saturated heterocycles. The van der Waals surface area contributed by atoms with Gasteiger partial charge in [-0.05, 0) is 38.2 Å².